The number of nitrogens with zero attached hydrogens (tertiary/aromatic N) is 1. The zero-order valence-electron chi connectivity index (χ0n) is 13.7. The molecule has 0 aliphatic carbocycles. The van der Waals surface area contributed by atoms with Crippen LogP contribution in [0.15, 0.2) is 47.3 Å². The van der Waals surface area contributed by atoms with E-state index in [2.05, 4.69) is 9.97 Å². The van der Waals surface area contributed by atoms with E-state index in [0.717, 1.165) is 22.2 Å². The Labute approximate surface area is 139 Å². The van der Waals surface area contributed by atoms with E-state index >= 15 is 0 Å². The zero-order chi connectivity index (χ0) is 17.3. The SMILES string of the molecule is COc1cc2ccc(C(C)(N)Cc3cccc(N)n3)cc2[nH]c1=O. The molecule has 0 amide bonds. The number of methoxy groups -OCH3 is 1. The van der Waals surface area contributed by atoms with E-state index in [1.807, 2.05) is 37.3 Å². The third kappa shape index (κ3) is 3.09. The van der Waals surface area contributed by atoms with Crippen molar-refractivity contribution in [2.75, 3.05) is 12.8 Å². The number of ether oxygens (including phenoxy) is 1. The maximum atomic E-state index is 11.9. The number of H-pyrrole nitrogens is 1. The van der Waals surface area contributed by atoms with Gasteiger partial charge in [-0.15, -0.1) is 0 Å². The summed E-state index contributed by atoms with van der Waals surface area (Å²) in [5.41, 5.74) is 13.8. The highest BCUT2D eigenvalue weighted by Crippen LogP contribution is 2.26. The minimum atomic E-state index is -0.647. The molecule has 0 aliphatic heterocycles. The lowest BCUT2D eigenvalue weighted by Crippen LogP contribution is -2.35. The molecule has 5 N–H and O–H groups in total. The molecule has 1 unspecified atom stereocenters. The maximum absolute atomic E-state index is 11.9. The Morgan fingerprint density at radius 1 is 1.25 bits per heavy atom. The van der Waals surface area contributed by atoms with E-state index in [0.29, 0.717) is 12.2 Å². The lowest BCUT2D eigenvalue weighted by atomic mass is 9.87. The molecule has 1 atom stereocenters. The molecule has 2 aromatic heterocycles. The van der Waals surface area contributed by atoms with Gasteiger partial charge in [0, 0.05) is 28.6 Å². The van der Waals surface area contributed by atoms with Crippen molar-refractivity contribution in [1.82, 2.24) is 9.97 Å². The van der Waals surface area contributed by atoms with Crippen LogP contribution in [0.5, 0.6) is 5.75 Å². The third-order valence-electron chi connectivity index (χ3n) is 4.07. The van der Waals surface area contributed by atoms with Crippen LogP contribution in [0.25, 0.3) is 10.9 Å². The minimum absolute atomic E-state index is 0.265. The second kappa shape index (κ2) is 5.98. The van der Waals surface area contributed by atoms with E-state index in [1.165, 1.54) is 7.11 Å². The molecule has 0 aliphatic rings. The molecule has 1 aromatic carbocycles. The molecule has 3 rings (SSSR count). The second-order valence-corrected chi connectivity index (χ2v) is 6.12. The number of rotatable bonds is 4. The van der Waals surface area contributed by atoms with Gasteiger partial charge in [-0.1, -0.05) is 18.2 Å². The fourth-order valence-corrected chi connectivity index (χ4v) is 2.76. The molecule has 0 fully saturated rings. The lowest BCUT2D eigenvalue weighted by Gasteiger charge is -2.25. The van der Waals surface area contributed by atoms with Gasteiger partial charge in [-0.3, -0.25) is 4.79 Å². The average Bonchev–Trinajstić information content (AvgIpc) is 2.53. The average molecular weight is 324 g/mol. The first-order valence-corrected chi connectivity index (χ1v) is 7.61. The van der Waals surface area contributed by atoms with Crippen molar-refractivity contribution in [3.8, 4) is 5.75 Å². The Bertz CT molecular complexity index is 947. The van der Waals surface area contributed by atoms with Crippen LogP contribution in [-0.2, 0) is 12.0 Å². The third-order valence-corrected chi connectivity index (χ3v) is 4.07. The molecule has 124 valence electrons. The van der Waals surface area contributed by atoms with E-state index in [9.17, 15) is 4.79 Å². The molecule has 3 aromatic rings. The summed E-state index contributed by atoms with van der Waals surface area (Å²) in [5.74, 6) is 0.757. The van der Waals surface area contributed by atoms with Crippen LogP contribution in [0.2, 0.25) is 0 Å². The fourth-order valence-electron chi connectivity index (χ4n) is 2.76. The van der Waals surface area contributed by atoms with Crippen LogP contribution in [0.4, 0.5) is 5.82 Å². The van der Waals surface area contributed by atoms with Gasteiger partial charge in [0.05, 0.1) is 7.11 Å². The quantitative estimate of drug-likeness (QED) is 0.680. The Hall–Kier alpha value is -2.86. The van der Waals surface area contributed by atoms with E-state index in [1.54, 1.807) is 12.1 Å². The van der Waals surface area contributed by atoms with Crippen LogP contribution >= 0.6 is 0 Å². The van der Waals surface area contributed by atoms with Crippen molar-refractivity contribution < 1.29 is 4.74 Å². The summed E-state index contributed by atoms with van der Waals surface area (Å²) >= 11 is 0. The van der Waals surface area contributed by atoms with E-state index < -0.39 is 5.54 Å². The highest BCUT2D eigenvalue weighted by Gasteiger charge is 2.23. The van der Waals surface area contributed by atoms with Crippen LogP contribution in [0.3, 0.4) is 0 Å². The second-order valence-electron chi connectivity index (χ2n) is 6.12. The number of pyridine rings is 2. The summed E-state index contributed by atoms with van der Waals surface area (Å²) < 4.78 is 5.05. The Morgan fingerprint density at radius 3 is 2.75 bits per heavy atom. The first kappa shape index (κ1) is 16.0. The number of nitrogens with one attached hydrogen (secondary N) is 1. The number of fused-ring (bicyclic) bond motifs is 1. The molecule has 6 heteroatoms. The van der Waals surface area contributed by atoms with Crippen molar-refractivity contribution >= 4 is 16.7 Å². The number of anilines is 1. The highest BCUT2D eigenvalue weighted by molar-refractivity contribution is 5.80. The van der Waals surface area contributed by atoms with Crippen LogP contribution in [0, 0.1) is 0 Å². The summed E-state index contributed by atoms with van der Waals surface area (Å²) in [6.07, 6.45) is 0.532. The molecule has 24 heavy (non-hydrogen) atoms. The number of nitrogens with two attached hydrogens (primary N) is 2. The number of hydrogen-bond donors (Lipinski definition) is 3. The van der Waals surface area contributed by atoms with Gasteiger partial charge >= 0.3 is 0 Å². The first-order chi connectivity index (χ1) is 11.4. The van der Waals surface area contributed by atoms with Gasteiger partial charge in [0.1, 0.15) is 5.82 Å². The summed E-state index contributed by atoms with van der Waals surface area (Å²) in [5, 5.41) is 0.882. The predicted octanol–water partition coefficient (Wildman–Crippen LogP) is 1.93. The number of aromatic nitrogens is 2. The molecule has 0 spiro atoms. The molecule has 0 saturated heterocycles. The highest BCUT2D eigenvalue weighted by atomic mass is 16.5. The molecule has 0 radical (unpaired) electrons. The molecule has 2 heterocycles. The van der Waals surface area contributed by atoms with Gasteiger partial charge in [-0.25, -0.2) is 4.98 Å². The van der Waals surface area contributed by atoms with Gasteiger partial charge in [-0.05, 0) is 36.8 Å². The Morgan fingerprint density at radius 2 is 2.04 bits per heavy atom. The van der Waals surface area contributed by atoms with E-state index in [4.69, 9.17) is 16.2 Å². The standard InChI is InChI=1S/C18H20N4O2/c1-18(20,10-13-4-3-5-16(19)21-13)12-7-6-11-8-15(24-2)17(23)22-14(11)9-12/h3-9H,10,20H2,1-2H3,(H2,19,21)(H,22,23). The number of hydrogen-bond acceptors (Lipinski definition) is 5. The number of nitrogen functional groups attached to an aromatic ring is 1. The zero-order valence-corrected chi connectivity index (χ0v) is 13.7. The van der Waals surface area contributed by atoms with Crippen molar-refractivity contribution in [1.29, 1.82) is 0 Å². The summed E-state index contributed by atoms with van der Waals surface area (Å²) in [6, 6.07) is 13.0. The number of aromatic amines is 1. The van der Waals surface area contributed by atoms with Crippen molar-refractivity contribution in [2.24, 2.45) is 5.73 Å². The van der Waals surface area contributed by atoms with Crippen LogP contribution < -0.4 is 21.8 Å². The van der Waals surface area contributed by atoms with Crippen molar-refractivity contribution in [3.05, 3.63) is 64.1 Å². The molecule has 0 saturated carbocycles. The van der Waals surface area contributed by atoms with Gasteiger partial charge in [-0.2, -0.15) is 0 Å². The number of benzene rings is 1. The van der Waals surface area contributed by atoms with Gasteiger partial charge in [0.2, 0.25) is 0 Å². The lowest BCUT2D eigenvalue weighted by molar-refractivity contribution is 0.409. The van der Waals surface area contributed by atoms with Crippen LogP contribution in [-0.4, -0.2) is 17.1 Å². The molecular formula is C18H20N4O2. The smallest absolute Gasteiger partial charge is 0.290 e. The summed E-state index contributed by atoms with van der Waals surface area (Å²) in [4.78, 5) is 19.0. The van der Waals surface area contributed by atoms with Gasteiger partial charge < -0.3 is 21.2 Å². The summed E-state index contributed by atoms with van der Waals surface area (Å²) in [7, 11) is 1.47. The topological polar surface area (TPSA) is 107 Å². The van der Waals surface area contributed by atoms with Gasteiger partial charge in [0.25, 0.3) is 5.56 Å². The monoisotopic (exact) mass is 324 g/mol. The van der Waals surface area contributed by atoms with Gasteiger partial charge in [0.15, 0.2) is 5.75 Å². The maximum Gasteiger partial charge on any atom is 0.290 e. The molecular weight excluding hydrogens is 304 g/mol. The molecule has 6 nitrogen and oxygen atoms in total. The predicted molar refractivity (Wildman–Crippen MR) is 95.0 cm³/mol. The largest absolute Gasteiger partial charge is 0.491 e. The Kier molecular flexibility index (Phi) is 3.99. The normalized spacial score (nSPS) is 13.6. The van der Waals surface area contributed by atoms with Crippen molar-refractivity contribution in [2.45, 2.75) is 18.9 Å². The Balaban J connectivity index is 1.99. The first-order valence-electron chi connectivity index (χ1n) is 7.61. The summed E-state index contributed by atoms with van der Waals surface area (Å²) in [6.45, 7) is 1.93. The van der Waals surface area contributed by atoms with Crippen LogP contribution in [0.1, 0.15) is 18.2 Å². The molecule has 0 bridgehead atoms. The van der Waals surface area contributed by atoms with Crippen molar-refractivity contribution in [3.63, 3.8) is 0 Å². The fraction of sp³-hybridized carbons (Fsp3) is 0.222. The minimum Gasteiger partial charge on any atom is -0.491 e. The van der Waals surface area contributed by atoms with E-state index in [-0.39, 0.29) is 11.3 Å².